The fraction of sp³-hybridized carbons (Fsp3) is 0.333. The van der Waals surface area contributed by atoms with Crippen molar-refractivity contribution in [3.63, 3.8) is 0 Å². The van der Waals surface area contributed by atoms with Crippen LogP contribution in [0.1, 0.15) is 29.8 Å². The highest BCUT2D eigenvalue weighted by atomic mass is 32.2. The lowest BCUT2D eigenvalue weighted by Gasteiger charge is -2.38. The van der Waals surface area contributed by atoms with Gasteiger partial charge in [0, 0.05) is 25.2 Å². The number of halogens is 1. The number of carbonyl (C=O) groups excluding carboxylic acids is 2. The predicted molar refractivity (Wildman–Crippen MR) is 153 cm³/mol. The number of amides is 2. The highest BCUT2D eigenvalue weighted by molar-refractivity contribution is 7.89. The number of carbonyl (C=O) groups is 2. The molecule has 11 heteroatoms. The van der Waals surface area contributed by atoms with Crippen molar-refractivity contribution >= 4 is 27.5 Å². The van der Waals surface area contributed by atoms with E-state index < -0.39 is 28.0 Å². The van der Waals surface area contributed by atoms with Crippen molar-refractivity contribution in [1.82, 2.24) is 9.21 Å². The first kappa shape index (κ1) is 30.2. The lowest BCUT2D eigenvalue weighted by Crippen LogP contribution is -2.50. The van der Waals surface area contributed by atoms with E-state index in [-0.39, 0.29) is 60.1 Å². The first-order valence-electron chi connectivity index (χ1n) is 13.3. The smallest absolute Gasteiger partial charge is 0.258 e. The van der Waals surface area contributed by atoms with Gasteiger partial charge in [-0.2, -0.15) is 4.31 Å². The number of aliphatic hydroxyl groups excluding tert-OH is 1. The Hall–Kier alpha value is -3.80. The Kier molecular flexibility index (Phi) is 9.42. The van der Waals surface area contributed by atoms with Crippen LogP contribution < -0.4 is 10.1 Å². The number of aliphatic hydroxyl groups is 1. The summed E-state index contributed by atoms with van der Waals surface area (Å²) in [7, 11) is -2.53. The van der Waals surface area contributed by atoms with Crippen molar-refractivity contribution in [3.05, 3.63) is 89.7 Å². The summed E-state index contributed by atoms with van der Waals surface area (Å²) < 4.78 is 47.2. The highest BCUT2D eigenvalue weighted by Gasteiger charge is 2.35. The van der Waals surface area contributed by atoms with Crippen LogP contribution in [-0.4, -0.2) is 73.4 Å². The van der Waals surface area contributed by atoms with E-state index >= 15 is 0 Å². The van der Waals surface area contributed by atoms with Gasteiger partial charge in [0.25, 0.3) is 5.91 Å². The molecule has 0 radical (unpaired) electrons. The van der Waals surface area contributed by atoms with Gasteiger partial charge in [0.05, 0.1) is 36.1 Å². The third kappa shape index (κ3) is 7.10. The molecule has 41 heavy (non-hydrogen) atoms. The maximum atomic E-state index is 13.7. The molecule has 0 saturated heterocycles. The number of sulfonamides is 1. The molecule has 2 amide bonds. The van der Waals surface area contributed by atoms with Crippen molar-refractivity contribution in [3.8, 4) is 5.75 Å². The summed E-state index contributed by atoms with van der Waals surface area (Å²) in [5.74, 6) is -1.26. The fourth-order valence-corrected chi connectivity index (χ4v) is 5.83. The number of benzene rings is 3. The molecule has 1 aliphatic rings. The third-order valence-electron chi connectivity index (χ3n) is 7.11. The summed E-state index contributed by atoms with van der Waals surface area (Å²) in [6, 6.07) is 18.0. The van der Waals surface area contributed by atoms with Gasteiger partial charge < -0.3 is 20.1 Å². The Balaban J connectivity index is 1.61. The largest absolute Gasteiger partial charge is 0.488 e. The van der Waals surface area contributed by atoms with Gasteiger partial charge >= 0.3 is 0 Å². The number of nitrogens with zero attached hydrogens (tertiary/aromatic N) is 2. The number of anilines is 1. The van der Waals surface area contributed by atoms with E-state index in [2.05, 4.69) is 5.32 Å². The fourth-order valence-electron chi connectivity index (χ4n) is 4.64. The number of likely N-dealkylation sites (N-methyl/N-ethyl adjacent to an activating group) is 1. The van der Waals surface area contributed by atoms with Crippen LogP contribution in [0.2, 0.25) is 0 Å². The van der Waals surface area contributed by atoms with Crippen molar-refractivity contribution in [1.29, 1.82) is 0 Å². The molecular weight excluding hydrogens is 549 g/mol. The molecule has 0 bridgehead atoms. The zero-order valence-corrected chi connectivity index (χ0v) is 24.0. The summed E-state index contributed by atoms with van der Waals surface area (Å²) in [4.78, 5) is 27.8. The van der Waals surface area contributed by atoms with Crippen molar-refractivity contribution in [2.75, 3.05) is 32.1 Å². The van der Waals surface area contributed by atoms with Crippen LogP contribution in [0.5, 0.6) is 5.75 Å². The van der Waals surface area contributed by atoms with E-state index in [1.165, 1.54) is 30.1 Å². The Morgan fingerprint density at radius 3 is 2.49 bits per heavy atom. The van der Waals surface area contributed by atoms with Gasteiger partial charge in [-0.15, -0.1) is 0 Å². The molecule has 0 spiro atoms. The number of nitrogens with one attached hydrogen (secondary N) is 1. The number of ether oxygens (including phenoxy) is 1. The van der Waals surface area contributed by atoms with Crippen LogP contribution in [0.25, 0.3) is 0 Å². The quantitative estimate of drug-likeness (QED) is 0.398. The number of hydrogen-bond acceptors (Lipinski definition) is 6. The maximum Gasteiger partial charge on any atom is 0.258 e. The van der Waals surface area contributed by atoms with E-state index in [4.69, 9.17) is 4.74 Å². The van der Waals surface area contributed by atoms with Crippen LogP contribution in [0.15, 0.2) is 77.7 Å². The standard InChI is InChI=1S/C30H34FN3O6S/c1-20-17-34(21(2)19-35)30(37)26-16-24(32-29(36)15-22-7-5-4-6-8-22)11-14-27(26)40-28(20)18-33(3)41(38,39)25-12-9-23(31)10-13-25/h4-14,16,20-21,28,35H,15,17-19H2,1-3H3,(H,32,36)/t20-,21-,28+/m1/s1. The second kappa shape index (κ2) is 12.8. The summed E-state index contributed by atoms with van der Waals surface area (Å²) in [5, 5.41) is 12.7. The summed E-state index contributed by atoms with van der Waals surface area (Å²) in [6.45, 7) is 3.44. The molecule has 0 unspecified atom stereocenters. The van der Waals surface area contributed by atoms with Gasteiger partial charge in [0.2, 0.25) is 15.9 Å². The number of rotatable bonds is 9. The van der Waals surface area contributed by atoms with E-state index in [0.717, 1.165) is 22.0 Å². The van der Waals surface area contributed by atoms with Crippen LogP contribution in [-0.2, 0) is 21.2 Å². The SMILES string of the molecule is C[C@@H]1CN([C@H](C)CO)C(=O)c2cc(NC(=O)Cc3ccccc3)ccc2O[C@H]1CN(C)S(=O)(=O)c1ccc(F)cc1. The molecule has 1 aliphatic heterocycles. The minimum atomic E-state index is -3.95. The minimum absolute atomic E-state index is 0.0502. The summed E-state index contributed by atoms with van der Waals surface area (Å²) in [6.07, 6.45) is -0.515. The summed E-state index contributed by atoms with van der Waals surface area (Å²) >= 11 is 0. The van der Waals surface area contributed by atoms with Crippen LogP contribution in [0, 0.1) is 11.7 Å². The second-order valence-corrected chi connectivity index (χ2v) is 12.3. The van der Waals surface area contributed by atoms with Crippen LogP contribution in [0.4, 0.5) is 10.1 Å². The normalized spacial score (nSPS) is 18.2. The first-order valence-corrected chi connectivity index (χ1v) is 14.7. The Bertz CT molecular complexity index is 1480. The topological polar surface area (TPSA) is 116 Å². The molecule has 3 aromatic carbocycles. The first-order chi connectivity index (χ1) is 19.5. The number of hydrogen-bond donors (Lipinski definition) is 2. The lowest BCUT2D eigenvalue weighted by molar-refractivity contribution is -0.115. The predicted octanol–water partition coefficient (Wildman–Crippen LogP) is 3.55. The lowest BCUT2D eigenvalue weighted by atomic mass is 9.99. The van der Waals surface area contributed by atoms with E-state index in [9.17, 15) is 27.5 Å². The Morgan fingerprint density at radius 1 is 1.15 bits per heavy atom. The molecule has 218 valence electrons. The molecule has 3 aromatic rings. The Labute approximate surface area is 239 Å². The average molecular weight is 584 g/mol. The van der Waals surface area contributed by atoms with Crippen LogP contribution >= 0.6 is 0 Å². The van der Waals surface area contributed by atoms with Gasteiger partial charge in [-0.25, -0.2) is 12.8 Å². The zero-order valence-electron chi connectivity index (χ0n) is 23.2. The van der Waals surface area contributed by atoms with Crippen LogP contribution in [0.3, 0.4) is 0 Å². The van der Waals surface area contributed by atoms with Gasteiger partial charge in [0.1, 0.15) is 17.7 Å². The molecule has 0 fully saturated rings. The highest BCUT2D eigenvalue weighted by Crippen LogP contribution is 2.31. The second-order valence-electron chi connectivity index (χ2n) is 10.3. The molecule has 9 nitrogen and oxygen atoms in total. The van der Waals surface area contributed by atoms with Gasteiger partial charge in [-0.1, -0.05) is 37.3 Å². The Morgan fingerprint density at radius 2 is 1.83 bits per heavy atom. The monoisotopic (exact) mass is 583 g/mol. The molecule has 0 aliphatic carbocycles. The van der Waals surface area contributed by atoms with E-state index in [0.29, 0.717) is 5.69 Å². The van der Waals surface area contributed by atoms with E-state index in [1.807, 2.05) is 37.3 Å². The number of fused-ring (bicyclic) bond motifs is 1. The van der Waals surface area contributed by atoms with Gasteiger partial charge in [-0.05, 0) is 55.0 Å². The van der Waals surface area contributed by atoms with Crippen molar-refractivity contribution in [2.24, 2.45) is 5.92 Å². The third-order valence-corrected chi connectivity index (χ3v) is 8.95. The van der Waals surface area contributed by atoms with Gasteiger partial charge in [0.15, 0.2) is 0 Å². The summed E-state index contributed by atoms with van der Waals surface area (Å²) in [5.41, 5.74) is 1.43. The van der Waals surface area contributed by atoms with Crippen molar-refractivity contribution in [2.45, 2.75) is 37.3 Å². The van der Waals surface area contributed by atoms with Crippen molar-refractivity contribution < 1.29 is 32.2 Å². The molecule has 3 atom stereocenters. The molecule has 2 N–H and O–H groups in total. The molecule has 0 saturated carbocycles. The minimum Gasteiger partial charge on any atom is -0.488 e. The zero-order chi connectivity index (χ0) is 29.7. The maximum absolute atomic E-state index is 13.7. The molecule has 4 rings (SSSR count). The molecule has 0 aromatic heterocycles. The molecular formula is C30H34FN3O6S. The molecule has 1 heterocycles. The average Bonchev–Trinajstić information content (AvgIpc) is 2.95. The van der Waals surface area contributed by atoms with Gasteiger partial charge in [-0.3, -0.25) is 9.59 Å². The van der Waals surface area contributed by atoms with E-state index in [1.54, 1.807) is 19.1 Å².